The van der Waals surface area contributed by atoms with Crippen molar-refractivity contribution in [1.82, 2.24) is 4.98 Å². The predicted octanol–water partition coefficient (Wildman–Crippen LogP) is 4.16. The maximum Gasteiger partial charge on any atom is 0.345 e. The van der Waals surface area contributed by atoms with E-state index in [1.165, 1.54) is 11.3 Å². The van der Waals surface area contributed by atoms with E-state index < -0.39 is 5.97 Å². The molecule has 3 rings (SSSR count). The number of aromatic nitrogens is 1. The fourth-order valence-electron chi connectivity index (χ4n) is 1.97. The molecule has 0 bridgehead atoms. The van der Waals surface area contributed by atoms with Crippen LogP contribution in [0.5, 0.6) is 0 Å². The van der Waals surface area contributed by atoms with Crippen molar-refractivity contribution in [1.29, 1.82) is 0 Å². The van der Waals surface area contributed by atoms with Crippen molar-refractivity contribution in [2.45, 2.75) is 0 Å². The zero-order valence-electron chi connectivity index (χ0n) is 10.5. The number of rotatable bonds is 3. The molecule has 3 aromatic rings. The molecule has 0 amide bonds. The lowest BCUT2D eigenvalue weighted by Crippen LogP contribution is -1.89. The SMILES string of the molecule is O=C(O)c1cc2c(C=Cc3ccccc3)cncc2s1. The Morgan fingerprint density at radius 3 is 2.70 bits per heavy atom. The average Bonchev–Trinajstić information content (AvgIpc) is 2.91. The van der Waals surface area contributed by atoms with Crippen molar-refractivity contribution in [2.75, 3.05) is 0 Å². The third-order valence-electron chi connectivity index (χ3n) is 2.94. The van der Waals surface area contributed by atoms with Crippen molar-refractivity contribution in [2.24, 2.45) is 0 Å². The summed E-state index contributed by atoms with van der Waals surface area (Å²) >= 11 is 1.25. The first kappa shape index (κ1) is 12.6. The molecule has 20 heavy (non-hydrogen) atoms. The molecule has 0 radical (unpaired) electrons. The summed E-state index contributed by atoms with van der Waals surface area (Å²) in [6, 6.07) is 11.7. The van der Waals surface area contributed by atoms with Gasteiger partial charge in [0.15, 0.2) is 0 Å². The summed E-state index contributed by atoms with van der Waals surface area (Å²) in [5.74, 6) is -0.899. The highest BCUT2D eigenvalue weighted by Crippen LogP contribution is 2.28. The van der Waals surface area contributed by atoms with Crippen LogP contribution >= 0.6 is 11.3 Å². The van der Waals surface area contributed by atoms with Crippen LogP contribution in [-0.4, -0.2) is 16.1 Å². The number of benzene rings is 1. The third kappa shape index (κ3) is 2.46. The molecule has 0 aliphatic heterocycles. The van der Waals surface area contributed by atoms with Crippen molar-refractivity contribution < 1.29 is 9.90 Å². The largest absolute Gasteiger partial charge is 0.477 e. The third-order valence-corrected chi connectivity index (χ3v) is 4.00. The molecule has 1 N–H and O–H groups in total. The summed E-state index contributed by atoms with van der Waals surface area (Å²) in [7, 11) is 0. The molecule has 2 aromatic heterocycles. The Balaban J connectivity index is 2.03. The van der Waals surface area contributed by atoms with Crippen LogP contribution in [0.1, 0.15) is 20.8 Å². The lowest BCUT2D eigenvalue weighted by molar-refractivity contribution is 0.0702. The number of hydrogen-bond donors (Lipinski definition) is 1. The Hall–Kier alpha value is -2.46. The minimum absolute atomic E-state index is 0.336. The number of hydrogen-bond acceptors (Lipinski definition) is 3. The highest BCUT2D eigenvalue weighted by molar-refractivity contribution is 7.20. The molecule has 0 aliphatic carbocycles. The maximum atomic E-state index is 11.0. The molecule has 3 nitrogen and oxygen atoms in total. The minimum Gasteiger partial charge on any atom is -0.477 e. The molecule has 98 valence electrons. The van der Waals surface area contributed by atoms with Crippen molar-refractivity contribution >= 4 is 39.5 Å². The van der Waals surface area contributed by atoms with Crippen LogP contribution in [0.15, 0.2) is 48.8 Å². The van der Waals surface area contributed by atoms with E-state index in [0.717, 1.165) is 21.2 Å². The van der Waals surface area contributed by atoms with Crippen molar-refractivity contribution in [3.05, 3.63) is 64.8 Å². The van der Waals surface area contributed by atoms with Gasteiger partial charge in [0.2, 0.25) is 0 Å². The van der Waals surface area contributed by atoms with Crippen LogP contribution in [0.25, 0.3) is 22.2 Å². The van der Waals surface area contributed by atoms with Crippen LogP contribution in [0.4, 0.5) is 0 Å². The number of carboxylic acid groups (broad SMARTS) is 1. The van der Waals surface area contributed by atoms with Gasteiger partial charge in [-0.1, -0.05) is 42.5 Å². The normalized spacial score (nSPS) is 11.2. The van der Waals surface area contributed by atoms with Crippen molar-refractivity contribution in [3.63, 3.8) is 0 Å². The van der Waals surface area contributed by atoms with Gasteiger partial charge in [-0.2, -0.15) is 0 Å². The summed E-state index contributed by atoms with van der Waals surface area (Å²) in [5.41, 5.74) is 2.02. The monoisotopic (exact) mass is 281 g/mol. The quantitative estimate of drug-likeness (QED) is 0.784. The lowest BCUT2D eigenvalue weighted by atomic mass is 10.1. The lowest BCUT2D eigenvalue weighted by Gasteiger charge is -1.96. The number of fused-ring (bicyclic) bond motifs is 1. The fraction of sp³-hybridized carbons (Fsp3) is 0. The molecule has 1 aromatic carbocycles. The van der Waals surface area contributed by atoms with Gasteiger partial charge in [-0.15, -0.1) is 11.3 Å². The first-order valence-corrected chi connectivity index (χ1v) is 6.89. The van der Waals surface area contributed by atoms with Gasteiger partial charge < -0.3 is 5.11 Å². The summed E-state index contributed by atoms with van der Waals surface area (Å²) in [6.45, 7) is 0. The Morgan fingerprint density at radius 2 is 1.95 bits per heavy atom. The Kier molecular flexibility index (Phi) is 3.31. The van der Waals surface area contributed by atoms with Crippen LogP contribution in [0.3, 0.4) is 0 Å². The molecule has 0 aliphatic rings. The van der Waals surface area contributed by atoms with E-state index in [9.17, 15) is 4.79 Å². The molecular weight excluding hydrogens is 270 g/mol. The predicted molar refractivity (Wildman–Crippen MR) is 81.9 cm³/mol. The topological polar surface area (TPSA) is 50.2 Å². The number of aromatic carboxylic acids is 1. The van der Waals surface area contributed by atoms with E-state index in [-0.39, 0.29) is 0 Å². The van der Waals surface area contributed by atoms with E-state index in [2.05, 4.69) is 4.98 Å². The maximum absolute atomic E-state index is 11.0. The molecule has 4 heteroatoms. The molecular formula is C16H11NO2S. The van der Waals surface area contributed by atoms with Gasteiger partial charge in [0.1, 0.15) is 4.88 Å². The fourth-order valence-corrected chi connectivity index (χ4v) is 2.87. The molecule has 0 saturated carbocycles. The molecule has 0 saturated heterocycles. The van der Waals surface area contributed by atoms with Gasteiger partial charge >= 0.3 is 5.97 Å². The standard InChI is InChI=1S/C16H11NO2S/c18-16(19)14-8-13-12(9-17-10-15(13)20-14)7-6-11-4-2-1-3-5-11/h1-10H,(H,18,19). The summed E-state index contributed by atoms with van der Waals surface area (Å²) < 4.78 is 0.887. The Morgan fingerprint density at radius 1 is 1.15 bits per heavy atom. The molecule has 0 atom stereocenters. The number of thiophene rings is 1. The number of carboxylic acids is 1. The van der Waals surface area contributed by atoms with Gasteiger partial charge in [-0.05, 0) is 11.6 Å². The zero-order valence-corrected chi connectivity index (χ0v) is 11.3. The Bertz CT molecular complexity index is 791. The van der Waals surface area contributed by atoms with Crippen molar-refractivity contribution in [3.8, 4) is 0 Å². The number of nitrogens with zero attached hydrogens (tertiary/aromatic N) is 1. The van der Waals surface area contributed by atoms with E-state index >= 15 is 0 Å². The summed E-state index contributed by atoms with van der Waals surface area (Å²) in [6.07, 6.45) is 7.41. The zero-order chi connectivity index (χ0) is 13.9. The van der Waals surface area contributed by atoms with Gasteiger partial charge in [0, 0.05) is 23.3 Å². The first-order chi connectivity index (χ1) is 9.74. The van der Waals surface area contributed by atoms with Gasteiger partial charge in [-0.3, -0.25) is 4.98 Å². The second kappa shape index (κ2) is 5.27. The smallest absolute Gasteiger partial charge is 0.345 e. The van der Waals surface area contributed by atoms with Crippen LogP contribution < -0.4 is 0 Å². The van der Waals surface area contributed by atoms with Crippen LogP contribution in [0, 0.1) is 0 Å². The van der Waals surface area contributed by atoms with E-state index in [1.54, 1.807) is 18.5 Å². The second-order valence-corrected chi connectivity index (χ2v) is 5.38. The summed E-state index contributed by atoms with van der Waals surface area (Å²) in [4.78, 5) is 15.5. The van der Waals surface area contributed by atoms with Crippen LogP contribution in [0.2, 0.25) is 0 Å². The van der Waals surface area contributed by atoms with E-state index in [4.69, 9.17) is 5.11 Å². The van der Waals surface area contributed by atoms with Gasteiger partial charge in [-0.25, -0.2) is 4.79 Å². The summed E-state index contributed by atoms with van der Waals surface area (Å²) in [5, 5.41) is 9.98. The second-order valence-electron chi connectivity index (χ2n) is 4.30. The van der Waals surface area contributed by atoms with Gasteiger partial charge in [0.05, 0.1) is 4.70 Å². The Labute approximate surface area is 119 Å². The molecule has 2 heterocycles. The molecule has 0 fully saturated rings. The van der Waals surface area contributed by atoms with Gasteiger partial charge in [0.25, 0.3) is 0 Å². The number of carbonyl (C=O) groups is 1. The first-order valence-electron chi connectivity index (χ1n) is 6.08. The van der Waals surface area contributed by atoms with Crippen LogP contribution in [-0.2, 0) is 0 Å². The molecule has 0 spiro atoms. The highest BCUT2D eigenvalue weighted by Gasteiger charge is 2.10. The average molecular weight is 281 g/mol. The van der Waals surface area contributed by atoms with E-state index in [0.29, 0.717) is 4.88 Å². The minimum atomic E-state index is -0.899. The molecule has 0 unspecified atom stereocenters. The number of pyridine rings is 1. The highest BCUT2D eigenvalue weighted by atomic mass is 32.1. The van der Waals surface area contributed by atoms with E-state index in [1.807, 2.05) is 42.5 Å².